The summed E-state index contributed by atoms with van der Waals surface area (Å²) in [6.07, 6.45) is 0.965. The zero-order valence-corrected chi connectivity index (χ0v) is 11.7. The highest BCUT2D eigenvalue weighted by atomic mass is 16.5. The largest absolute Gasteiger partial charge is 0.344 e. The summed E-state index contributed by atoms with van der Waals surface area (Å²) >= 11 is 0. The van der Waals surface area contributed by atoms with Gasteiger partial charge >= 0.3 is 0 Å². The van der Waals surface area contributed by atoms with E-state index in [1.807, 2.05) is 6.92 Å². The van der Waals surface area contributed by atoms with Crippen LogP contribution in [0.4, 0.5) is 0 Å². The summed E-state index contributed by atoms with van der Waals surface area (Å²) in [6.45, 7) is 5.90. The Balaban J connectivity index is 1.88. The van der Waals surface area contributed by atoms with Crippen molar-refractivity contribution in [2.75, 3.05) is 0 Å². The van der Waals surface area contributed by atoms with Crippen molar-refractivity contribution in [3.05, 3.63) is 17.5 Å². The molecule has 0 aliphatic carbocycles. The molecular weight excluding hydrogens is 262 g/mol. The summed E-state index contributed by atoms with van der Waals surface area (Å²) < 4.78 is 6.66. The van der Waals surface area contributed by atoms with Crippen LogP contribution < -0.4 is 5.32 Å². The molecule has 0 fully saturated rings. The molecule has 0 unspecified atom stereocenters. The summed E-state index contributed by atoms with van der Waals surface area (Å²) in [4.78, 5) is 16.0. The van der Waals surface area contributed by atoms with E-state index in [2.05, 4.69) is 31.0 Å². The van der Waals surface area contributed by atoms with Gasteiger partial charge in [0.25, 0.3) is 0 Å². The Hall–Kier alpha value is -2.32. The molecule has 1 N–H and O–H groups in total. The first-order valence-corrected chi connectivity index (χ1v) is 6.42. The Bertz CT molecular complexity index is 577. The van der Waals surface area contributed by atoms with E-state index in [-0.39, 0.29) is 18.4 Å². The van der Waals surface area contributed by atoms with Crippen LogP contribution in [0.5, 0.6) is 0 Å². The van der Waals surface area contributed by atoms with Crippen molar-refractivity contribution in [1.29, 1.82) is 0 Å². The summed E-state index contributed by atoms with van der Waals surface area (Å²) in [7, 11) is 0. The SMILES string of the molecule is CC[C@H](NC(=O)CCn1nnnc1C)c1nc(C)no1. The summed E-state index contributed by atoms with van der Waals surface area (Å²) in [5.74, 6) is 1.55. The van der Waals surface area contributed by atoms with Gasteiger partial charge in [-0.2, -0.15) is 4.98 Å². The number of hydrogen-bond donors (Lipinski definition) is 1. The van der Waals surface area contributed by atoms with Gasteiger partial charge in [-0.25, -0.2) is 4.68 Å². The van der Waals surface area contributed by atoms with E-state index in [1.165, 1.54) is 0 Å². The average molecular weight is 279 g/mol. The van der Waals surface area contributed by atoms with Crippen molar-refractivity contribution < 1.29 is 9.32 Å². The number of nitrogens with one attached hydrogen (secondary N) is 1. The van der Waals surface area contributed by atoms with Crippen molar-refractivity contribution in [2.45, 2.75) is 46.2 Å². The molecule has 0 aliphatic rings. The monoisotopic (exact) mass is 279 g/mol. The van der Waals surface area contributed by atoms with E-state index in [1.54, 1.807) is 18.5 Å². The lowest BCUT2D eigenvalue weighted by molar-refractivity contribution is -0.122. The molecule has 2 heterocycles. The van der Waals surface area contributed by atoms with Gasteiger partial charge in [-0.05, 0) is 30.7 Å². The molecule has 1 amide bonds. The van der Waals surface area contributed by atoms with Crippen LogP contribution in [0.25, 0.3) is 0 Å². The zero-order valence-electron chi connectivity index (χ0n) is 11.7. The number of carbonyl (C=O) groups excluding carboxylic acids is 1. The highest BCUT2D eigenvalue weighted by molar-refractivity contribution is 5.76. The van der Waals surface area contributed by atoms with Crippen LogP contribution in [0.2, 0.25) is 0 Å². The zero-order chi connectivity index (χ0) is 14.5. The fourth-order valence-corrected chi connectivity index (χ4v) is 1.72. The van der Waals surface area contributed by atoms with Crippen LogP contribution in [0, 0.1) is 13.8 Å². The number of amides is 1. The normalized spacial score (nSPS) is 12.3. The molecule has 9 nitrogen and oxygen atoms in total. The number of aromatic nitrogens is 6. The van der Waals surface area contributed by atoms with E-state index in [9.17, 15) is 4.79 Å². The average Bonchev–Trinajstić information content (AvgIpc) is 3.02. The molecule has 2 aromatic rings. The maximum Gasteiger partial charge on any atom is 0.249 e. The minimum Gasteiger partial charge on any atom is -0.344 e. The second-order valence-electron chi connectivity index (χ2n) is 4.41. The van der Waals surface area contributed by atoms with Gasteiger partial charge in [0.15, 0.2) is 5.82 Å². The lowest BCUT2D eigenvalue weighted by Crippen LogP contribution is -2.29. The lowest BCUT2D eigenvalue weighted by Gasteiger charge is -2.12. The van der Waals surface area contributed by atoms with Crippen molar-refractivity contribution in [3.8, 4) is 0 Å². The molecule has 9 heteroatoms. The van der Waals surface area contributed by atoms with Crippen LogP contribution in [-0.4, -0.2) is 36.3 Å². The minimum atomic E-state index is -0.265. The van der Waals surface area contributed by atoms with Gasteiger partial charge in [0.2, 0.25) is 11.8 Å². The topological polar surface area (TPSA) is 112 Å². The number of hydrogen-bond acceptors (Lipinski definition) is 7. The predicted octanol–water partition coefficient (Wildman–Crippen LogP) is 0.331. The molecule has 20 heavy (non-hydrogen) atoms. The first-order chi connectivity index (χ1) is 9.60. The van der Waals surface area contributed by atoms with Crippen molar-refractivity contribution in [3.63, 3.8) is 0 Å². The number of tetrazole rings is 1. The lowest BCUT2D eigenvalue weighted by atomic mass is 10.2. The van der Waals surface area contributed by atoms with Gasteiger partial charge in [-0.15, -0.1) is 5.10 Å². The van der Waals surface area contributed by atoms with E-state index in [0.29, 0.717) is 30.5 Å². The van der Waals surface area contributed by atoms with Gasteiger partial charge < -0.3 is 9.84 Å². The molecule has 0 bridgehead atoms. The molecule has 0 aromatic carbocycles. The number of carbonyl (C=O) groups is 1. The summed E-state index contributed by atoms with van der Waals surface area (Å²) in [6, 6.07) is -0.265. The smallest absolute Gasteiger partial charge is 0.249 e. The second kappa shape index (κ2) is 6.22. The first-order valence-electron chi connectivity index (χ1n) is 6.42. The molecule has 0 spiro atoms. The van der Waals surface area contributed by atoms with Crippen LogP contribution in [-0.2, 0) is 11.3 Å². The molecular formula is C11H17N7O2. The quantitative estimate of drug-likeness (QED) is 0.810. The third-order valence-electron chi connectivity index (χ3n) is 2.85. The maximum atomic E-state index is 11.9. The van der Waals surface area contributed by atoms with Gasteiger partial charge in [0.1, 0.15) is 11.9 Å². The number of rotatable bonds is 6. The molecule has 0 aliphatic heterocycles. The van der Waals surface area contributed by atoms with Gasteiger partial charge in [0.05, 0.1) is 6.54 Å². The third-order valence-corrected chi connectivity index (χ3v) is 2.85. The summed E-state index contributed by atoms with van der Waals surface area (Å²) in [5, 5.41) is 17.7. The Morgan fingerprint density at radius 2 is 2.25 bits per heavy atom. The molecule has 2 rings (SSSR count). The molecule has 0 saturated carbocycles. The predicted molar refractivity (Wildman–Crippen MR) is 67.4 cm³/mol. The van der Waals surface area contributed by atoms with Crippen molar-refractivity contribution >= 4 is 5.91 Å². The van der Waals surface area contributed by atoms with E-state index < -0.39 is 0 Å². The summed E-state index contributed by atoms with van der Waals surface area (Å²) in [5.41, 5.74) is 0. The highest BCUT2D eigenvalue weighted by Gasteiger charge is 2.18. The standard InChI is InChI=1S/C11H17N7O2/c1-4-9(11-12-7(2)15-20-11)13-10(19)5-6-18-8(3)14-16-17-18/h9H,4-6H2,1-3H3,(H,13,19)/t9-/m0/s1. The molecule has 0 saturated heterocycles. The highest BCUT2D eigenvalue weighted by Crippen LogP contribution is 2.14. The van der Waals surface area contributed by atoms with Gasteiger partial charge in [-0.1, -0.05) is 12.1 Å². The first kappa shape index (κ1) is 14.1. The van der Waals surface area contributed by atoms with Crippen LogP contribution in [0.1, 0.15) is 43.3 Å². The van der Waals surface area contributed by atoms with E-state index >= 15 is 0 Å². The molecule has 0 radical (unpaired) electrons. The maximum absolute atomic E-state index is 11.9. The Labute approximate surface area is 115 Å². The van der Waals surface area contributed by atoms with Gasteiger partial charge in [0, 0.05) is 6.42 Å². The fourth-order valence-electron chi connectivity index (χ4n) is 1.72. The number of nitrogens with zero attached hydrogens (tertiary/aromatic N) is 6. The molecule has 2 aromatic heterocycles. The van der Waals surface area contributed by atoms with Crippen molar-refractivity contribution in [1.82, 2.24) is 35.7 Å². The van der Waals surface area contributed by atoms with Crippen molar-refractivity contribution in [2.24, 2.45) is 0 Å². The third kappa shape index (κ3) is 3.37. The second-order valence-corrected chi connectivity index (χ2v) is 4.41. The van der Waals surface area contributed by atoms with Crippen LogP contribution >= 0.6 is 0 Å². The fraction of sp³-hybridized carbons (Fsp3) is 0.636. The minimum absolute atomic E-state index is 0.109. The van der Waals surface area contributed by atoms with E-state index in [0.717, 1.165) is 0 Å². The van der Waals surface area contributed by atoms with Gasteiger partial charge in [-0.3, -0.25) is 4.79 Å². The Kier molecular flexibility index (Phi) is 4.38. The van der Waals surface area contributed by atoms with Crippen LogP contribution in [0.15, 0.2) is 4.52 Å². The molecule has 1 atom stereocenters. The van der Waals surface area contributed by atoms with E-state index in [4.69, 9.17) is 4.52 Å². The van der Waals surface area contributed by atoms with Crippen LogP contribution in [0.3, 0.4) is 0 Å². The Morgan fingerprint density at radius 3 is 2.80 bits per heavy atom. The number of aryl methyl sites for hydroxylation is 3. The molecule has 108 valence electrons. The Morgan fingerprint density at radius 1 is 1.45 bits per heavy atom.